The molecule has 1 fully saturated rings. The minimum atomic E-state index is -3.98. The number of hydrogen-bond donors (Lipinski definition) is 1. The molecule has 8 nitrogen and oxygen atoms in total. The number of ether oxygens (including phenoxy) is 3. The number of amides is 1. The van der Waals surface area contributed by atoms with E-state index in [9.17, 15) is 13.2 Å². The number of aryl methyl sites for hydroxylation is 1. The molecule has 2 aromatic rings. The number of carbonyl (C=O) groups excluding carboxylic acids is 1. The summed E-state index contributed by atoms with van der Waals surface area (Å²) in [6.07, 6.45) is 8.51. The number of fused-ring (bicyclic) bond motifs is 3. The van der Waals surface area contributed by atoms with Gasteiger partial charge in [0.1, 0.15) is 12.4 Å². The summed E-state index contributed by atoms with van der Waals surface area (Å²) in [7, 11) is -2.31. The Morgan fingerprint density at radius 3 is 2.60 bits per heavy atom. The van der Waals surface area contributed by atoms with Gasteiger partial charge in [-0.05, 0) is 103 Å². The Hall–Kier alpha value is -2.59. The second-order valence-corrected chi connectivity index (χ2v) is 16.3. The second kappa shape index (κ2) is 15.7. The van der Waals surface area contributed by atoms with Crippen LogP contribution in [0.2, 0.25) is 5.02 Å². The zero-order valence-corrected chi connectivity index (χ0v) is 30.0. The summed E-state index contributed by atoms with van der Waals surface area (Å²) in [6.45, 7) is 10.9. The molecule has 2 aromatic carbocycles. The number of sulfonamides is 1. The lowest BCUT2D eigenvalue weighted by molar-refractivity contribution is -0.0543. The van der Waals surface area contributed by atoms with Crippen molar-refractivity contribution in [3.63, 3.8) is 0 Å². The molecule has 3 aliphatic rings. The molecule has 47 heavy (non-hydrogen) atoms. The highest BCUT2D eigenvalue weighted by Crippen LogP contribution is 2.46. The Bertz CT molecular complexity index is 1530. The summed E-state index contributed by atoms with van der Waals surface area (Å²) in [6, 6.07) is 11.2. The number of anilines is 1. The molecular weight excluding hydrogens is 636 g/mol. The van der Waals surface area contributed by atoms with Crippen LogP contribution in [-0.4, -0.2) is 59.1 Å². The summed E-state index contributed by atoms with van der Waals surface area (Å²) >= 11 is 6.36. The zero-order valence-electron chi connectivity index (χ0n) is 28.4. The van der Waals surface area contributed by atoms with E-state index in [0.717, 1.165) is 50.0 Å². The molecule has 1 aliphatic carbocycles. The van der Waals surface area contributed by atoms with Crippen LogP contribution in [0.3, 0.4) is 0 Å². The molecule has 2 heterocycles. The summed E-state index contributed by atoms with van der Waals surface area (Å²) in [4.78, 5) is 16.0. The van der Waals surface area contributed by atoms with Gasteiger partial charge in [-0.25, -0.2) is 13.1 Å². The number of hydrogen-bond acceptors (Lipinski definition) is 7. The number of benzene rings is 2. The normalized spacial score (nSPS) is 28.9. The standard InChI is InChI=1S/C37H51ClN2O6S/c1-24(2)36-25(3)9-8-11-34(45-18-17-44-5)31-19-26(4)32(31)22-40-16-7-6-10-27-20-30(38)14-12-29(27)23-46-35-15-13-28(21-33(35)40)37(41)39-47(36,42)43/h8,11-15,20-21,24-26,31-32,34,36H,6-7,9-10,16-19,22-23H2,1-5H3,(H,39,41)/b11-8+/t25-,26+,31+,32+,34-,36+/m0/s1. The van der Waals surface area contributed by atoms with Crippen LogP contribution in [0.4, 0.5) is 5.69 Å². The lowest BCUT2D eigenvalue weighted by atomic mass is 9.63. The second-order valence-electron chi connectivity index (χ2n) is 14.0. The minimum Gasteiger partial charge on any atom is -0.487 e. The molecule has 5 rings (SSSR count). The van der Waals surface area contributed by atoms with Crippen LogP contribution < -0.4 is 14.4 Å². The van der Waals surface area contributed by atoms with Gasteiger partial charge < -0.3 is 19.1 Å². The highest BCUT2D eigenvalue weighted by atomic mass is 35.5. The third-order valence-corrected chi connectivity index (χ3v) is 12.7. The van der Waals surface area contributed by atoms with Crippen LogP contribution in [-0.2, 0) is 32.5 Å². The molecule has 6 atom stereocenters. The molecule has 2 aliphatic heterocycles. The van der Waals surface area contributed by atoms with E-state index in [1.807, 2.05) is 51.1 Å². The topological polar surface area (TPSA) is 94.2 Å². The Labute approximate surface area is 286 Å². The summed E-state index contributed by atoms with van der Waals surface area (Å²) in [5.41, 5.74) is 3.37. The lowest BCUT2D eigenvalue weighted by Crippen LogP contribution is -2.49. The zero-order chi connectivity index (χ0) is 33.7. The molecular formula is C37H51ClN2O6S. The van der Waals surface area contributed by atoms with E-state index in [2.05, 4.69) is 28.7 Å². The molecule has 2 bridgehead atoms. The van der Waals surface area contributed by atoms with E-state index in [-0.39, 0.29) is 17.9 Å². The van der Waals surface area contributed by atoms with Crippen LogP contribution in [0.5, 0.6) is 5.75 Å². The summed E-state index contributed by atoms with van der Waals surface area (Å²) in [5.74, 6) is 0.786. The van der Waals surface area contributed by atoms with E-state index < -0.39 is 21.2 Å². The van der Waals surface area contributed by atoms with Gasteiger partial charge in [0.25, 0.3) is 5.91 Å². The average Bonchev–Trinajstić information content (AvgIpc) is 3.04. The first kappa shape index (κ1) is 35.7. The van der Waals surface area contributed by atoms with Crippen LogP contribution in [0.15, 0.2) is 48.6 Å². The summed E-state index contributed by atoms with van der Waals surface area (Å²) < 4.78 is 48.2. The first-order valence-electron chi connectivity index (χ1n) is 17.1. The summed E-state index contributed by atoms with van der Waals surface area (Å²) in [5, 5.41) is -0.0345. The monoisotopic (exact) mass is 686 g/mol. The van der Waals surface area contributed by atoms with Gasteiger partial charge in [-0.3, -0.25) is 4.79 Å². The van der Waals surface area contributed by atoms with Gasteiger partial charge in [-0.1, -0.05) is 57.5 Å². The molecule has 1 amide bonds. The van der Waals surface area contributed by atoms with Gasteiger partial charge in [0.2, 0.25) is 10.0 Å². The fourth-order valence-corrected chi connectivity index (χ4v) is 9.91. The number of nitrogens with one attached hydrogen (secondary N) is 1. The van der Waals surface area contributed by atoms with E-state index in [1.165, 1.54) is 5.56 Å². The van der Waals surface area contributed by atoms with Crippen molar-refractivity contribution in [2.24, 2.45) is 29.6 Å². The SMILES string of the molecule is COCCO[C@H]1/C=C/C[C@H](C)[C@@H](C(C)C)S(=O)(=O)NC(=O)c2ccc3c(c2)N(CCCCc2cc(Cl)ccc2CO3)C[C@H]2[C@H]1C[C@H]2C. The van der Waals surface area contributed by atoms with Gasteiger partial charge in [0.15, 0.2) is 0 Å². The number of rotatable bonds is 5. The molecule has 1 N–H and O–H groups in total. The Balaban J connectivity index is 1.57. The average molecular weight is 687 g/mol. The third-order valence-electron chi connectivity index (χ3n) is 10.3. The maximum Gasteiger partial charge on any atom is 0.264 e. The minimum absolute atomic E-state index is 0.106. The largest absolute Gasteiger partial charge is 0.487 e. The Morgan fingerprint density at radius 1 is 1.04 bits per heavy atom. The van der Waals surface area contributed by atoms with Crippen molar-refractivity contribution in [2.45, 2.75) is 77.8 Å². The molecule has 1 saturated carbocycles. The van der Waals surface area contributed by atoms with Crippen LogP contribution in [0.25, 0.3) is 0 Å². The first-order chi connectivity index (χ1) is 22.5. The third kappa shape index (κ3) is 8.53. The van der Waals surface area contributed by atoms with Crippen LogP contribution in [0.1, 0.15) is 74.9 Å². The first-order valence-corrected chi connectivity index (χ1v) is 19.0. The van der Waals surface area contributed by atoms with Crippen LogP contribution >= 0.6 is 11.6 Å². The Kier molecular flexibility index (Phi) is 12.0. The fraction of sp³-hybridized carbons (Fsp3) is 0.595. The maximum absolute atomic E-state index is 13.8. The van der Waals surface area contributed by atoms with Gasteiger partial charge in [-0.15, -0.1) is 0 Å². The number of methoxy groups -OCH3 is 1. The van der Waals surface area contributed by atoms with Crippen molar-refractivity contribution in [1.29, 1.82) is 0 Å². The predicted molar refractivity (Wildman–Crippen MR) is 188 cm³/mol. The molecule has 0 saturated heterocycles. The molecule has 0 spiro atoms. The molecule has 258 valence electrons. The predicted octanol–water partition coefficient (Wildman–Crippen LogP) is 7.05. The fourth-order valence-electron chi connectivity index (χ4n) is 7.76. The number of carbonyl (C=O) groups is 1. The number of halogens is 1. The number of allylic oxidation sites excluding steroid dienone is 1. The van der Waals surface area contributed by atoms with Gasteiger partial charge in [-0.2, -0.15) is 0 Å². The lowest BCUT2D eigenvalue weighted by Gasteiger charge is -2.48. The van der Waals surface area contributed by atoms with Crippen molar-refractivity contribution >= 4 is 33.2 Å². The number of nitrogens with zero attached hydrogens (tertiary/aromatic N) is 1. The highest BCUT2D eigenvalue weighted by molar-refractivity contribution is 7.90. The van der Waals surface area contributed by atoms with Crippen molar-refractivity contribution in [3.05, 3.63) is 70.3 Å². The molecule has 0 aromatic heterocycles. The van der Waals surface area contributed by atoms with Gasteiger partial charge >= 0.3 is 0 Å². The molecule has 0 radical (unpaired) electrons. The van der Waals surface area contributed by atoms with E-state index in [4.69, 9.17) is 25.8 Å². The van der Waals surface area contributed by atoms with Crippen molar-refractivity contribution in [3.8, 4) is 5.75 Å². The van der Waals surface area contributed by atoms with Gasteiger partial charge in [0.05, 0.1) is 30.3 Å². The van der Waals surface area contributed by atoms with Gasteiger partial charge in [0, 0.05) is 30.8 Å². The quantitative estimate of drug-likeness (QED) is 0.266. The van der Waals surface area contributed by atoms with E-state index in [1.54, 1.807) is 13.2 Å². The van der Waals surface area contributed by atoms with Crippen molar-refractivity contribution < 1.29 is 27.4 Å². The molecule has 10 heteroatoms. The smallest absolute Gasteiger partial charge is 0.264 e. The van der Waals surface area contributed by atoms with E-state index in [0.29, 0.717) is 60.3 Å². The van der Waals surface area contributed by atoms with Crippen molar-refractivity contribution in [1.82, 2.24) is 4.72 Å². The molecule has 0 unspecified atom stereocenters. The highest BCUT2D eigenvalue weighted by Gasteiger charge is 2.43. The maximum atomic E-state index is 13.8. The van der Waals surface area contributed by atoms with E-state index >= 15 is 0 Å². The van der Waals surface area contributed by atoms with Crippen LogP contribution in [0, 0.1) is 29.6 Å². The van der Waals surface area contributed by atoms with Crippen molar-refractivity contribution in [2.75, 3.05) is 38.3 Å². The Morgan fingerprint density at radius 2 is 1.85 bits per heavy atom.